The predicted octanol–water partition coefficient (Wildman–Crippen LogP) is 3.95. The molecule has 1 aromatic rings. The molecule has 134 valence electrons. The SMILES string of the molecule is COCOc1cc2c(cc1NS(=O)(=O)C1=CC=CC(C)=CS1)CCC2. The Kier molecular flexibility index (Phi) is 5.56. The number of benzene rings is 1. The van der Waals surface area contributed by atoms with E-state index in [1.165, 1.54) is 30.0 Å². The van der Waals surface area contributed by atoms with Gasteiger partial charge in [0.25, 0.3) is 10.0 Å². The maximum absolute atomic E-state index is 12.8. The largest absolute Gasteiger partial charge is 0.465 e. The highest BCUT2D eigenvalue weighted by molar-refractivity contribution is 8.20. The molecular formula is C18H21NO4S2. The maximum Gasteiger partial charge on any atom is 0.268 e. The first-order chi connectivity index (χ1) is 12.0. The molecule has 0 fully saturated rings. The summed E-state index contributed by atoms with van der Waals surface area (Å²) < 4.78 is 39.1. The third-order valence-electron chi connectivity index (χ3n) is 3.99. The van der Waals surface area contributed by atoms with Gasteiger partial charge in [-0.1, -0.05) is 23.9 Å². The van der Waals surface area contributed by atoms with E-state index in [2.05, 4.69) is 4.72 Å². The second-order valence-electron chi connectivity index (χ2n) is 5.95. The third kappa shape index (κ3) is 4.29. The van der Waals surface area contributed by atoms with E-state index in [0.717, 1.165) is 24.8 Å². The lowest BCUT2D eigenvalue weighted by molar-refractivity contribution is 0.0516. The van der Waals surface area contributed by atoms with E-state index in [4.69, 9.17) is 9.47 Å². The van der Waals surface area contributed by atoms with Crippen LogP contribution in [0, 0.1) is 0 Å². The number of rotatable bonds is 6. The van der Waals surface area contributed by atoms with Gasteiger partial charge in [0.15, 0.2) is 6.79 Å². The zero-order chi connectivity index (χ0) is 17.9. The molecule has 1 aliphatic carbocycles. The molecule has 5 nitrogen and oxygen atoms in total. The van der Waals surface area contributed by atoms with Gasteiger partial charge >= 0.3 is 0 Å². The summed E-state index contributed by atoms with van der Waals surface area (Å²) >= 11 is 1.19. The van der Waals surface area contributed by atoms with Crippen LogP contribution in [0.15, 0.2) is 45.6 Å². The van der Waals surface area contributed by atoms with Crippen molar-refractivity contribution in [2.24, 2.45) is 0 Å². The fraction of sp³-hybridized carbons (Fsp3) is 0.333. The Morgan fingerprint density at radius 3 is 2.76 bits per heavy atom. The molecule has 25 heavy (non-hydrogen) atoms. The van der Waals surface area contributed by atoms with Crippen molar-refractivity contribution in [3.05, 3.63) is 56.7 Å². The highest BCUT2D eigenvalue weighted by Gasteiger charge is 2.22. The molecule has 2 aliphatic rings. The quantitative estimate of drug-likeness (QED) is 0.758. The predicted molar refractivity (Wildman–Crippen MR) is 102 cm³/mol. The van der Waals surface area contributed by atoms with Crippen molar-refractivity contribution in [3.8, 4) is 5.75 Å². The van der Waals surface area contributed by atoms with Crippen LogP contribution >= 0.6 is 11.8 Å². The molecule has 0 spiro atoms. The van der Waals surface area contributed by atoms with Crippen molar-refractivity contribution in [1.82, 2.24) is 0 Å². The number of hydrogen-bond donors (Lipinski definition) is 1. The van der Waals surface area contributed by atoms with Crippen LogP contribution in [-0.4, -0.2) is 22.3 Å². The summed E-state index contributed by atoms with van der Waals surface area (Å²) in [6, 6.07) is 3.79. The Morgan fingerprint density at radius 2 is 2.00 bits per heavy atom. The smallest absolute Gasteiger partial charge is 0.268 e. The lowest BCUT2D eigenvalue weighted by atomic mass is 10.1. The van der Waals surface area contributed by atoms with E-state index in [1.54, 1.807) is 12.2 Å². The summed E-state index contributed by atoms with van der Waals surface area (Å²) in [5, 5.41) is 1.82. The molecule has 1 aliphatic heterocycles. The lowest BCUT2D eigenvalue weighted by Gasteiger charge is -2.16. The Hall–Kier alpha value is -1.70. The lowest BCUT2D eigenvalue weighted by Crippen LogP contribution is -2.15. The van der Waals surface area contributed by atoms with Crippen LogP contribution in [0.1, 0.15) is 24.5 Å². The van der Waals surface area contributed by atoms with E-state index in [9.17, 15) is 8.42 Å². The fourth-order valence-corrected chi connectivity index (χ4v) is 4.90. The van der Waals surface area contributed by atoms with Gasteiger partial charge in [-0.05, 0) is 66.5 Å². The van der Waals surface area contributed by atoms with E-state index >= 15 is 0 Å². The molecular weight excluding hydrogens is 358 g/mol. The van der Waals surface area contributed by atoms with Crippen molar-refractivity contribution in [2.45, 2.75) is 26.2 Å². The third-order valence-corrected chi connectivity index (χ3v) is 6.95. The molecule has 0 amide bonds. The number of sulfonamides is 1. The topological polar surface area (TPSA) is 64.6 Å². The zero-order valence-electron chi connectivity index (χ0n) is 14.2. The number of methoxy groups -OCH3 is 1. The molecule has 3 rings (SSSR count). The van der Waals surface area contributed by atoms with Crippen LogP contribution in [0.3, 0.4) is 0 Å². The Labute approximate surface area is 152 Å². The van der Waals surface area contributed by atoms with Crippen molar-refractivity contribution in [2.75, 3.05) is 18.6 Å². The first-order valence-electron chi connectivity index (χ1n) is 8.02. The zero-order valence-corrected chi connectivity index (χ0v) is 15.9. The van der Waals surface area contributed by atoms with Crippen LogP contribution in [0.25, 0.3) is 0 Å². The van der Waals surface area contributed by atoms with Gasteiger partial charge in [0, 0.05) is 7.11 Å². The molecule has 1 heterocycles. The molecule has 0 atom stereocenters. The Morgan fingerprint density at radius 1 is 1.24 bits per heavy atom. The average Bonchev–Trinajstić information content (AvgIpc) is 2.90. The maximum atomic E-state index is 12.8. The Bertz CT molecular complexity index is 851. The number of ether oxygens (including phenoxy) is 2. The number of thioether (sulfide) groups is 1. The first-order valence-corrected chi connectivity index (χ1v) is 10.4. The minimum absolute atomic E-state index is 0.0651. The molecule has 1 N–H and O–H groups in total. The van der Waals surface area contributed by atoms with Crippen LogP contribution < -0.4 is 9.46 Å². The van der Waals surface area contributed by atoms with E-state index in [1.807, 2.05) is 30.5 Å². The second-order valence-corrected chi connectivity index (χ2v) is 8.77. The summed E-state index contributed by atoms with van der Waals surface area (Å²) in [6.45, 7) is 1.99. The molecule has 7 heteroatoms. The van der Waals surface area contributed by atoms with Gasteiger partial charge in [-0.25, -0.2) is 8.42 Å². The van der Waals surface area contributed by atoms with Gasteiger partial charge in [-0.3, -0.25) is 4.72 Å². The van der Waals surface area contributed by atoms with E-state index in [-0.39, 0.29) is 11.0 Å². The molecule has 0 radical (unpaired) electrons. The van der Waals surface area contributed by atoms with Crippen molar-refractivity contribution in [3.63, 3.8) is 0 Å². The number of aryl methyl sites for hydroxylation is 2. The molecule has 1 aromatic carbocycles. The van der Waals surface area contributed by atoms with Crippen LogP contribution in [-0.2, 0) is 27.6 Å². The molecule has 0 saturated heterocycles. The highest BCUT2D eigenvalue weighted by Crippen LogP contribution is 2.36. The summed E-state index contributed by atoms with van der Waals surface area (Å²) in [5.74, 6) is 0.493. The van der Waals surface area contributed by atoms with Gasteiger partial charge in [0.1, 0.15) is 9.99 Å². The van der Waals surface area contributed by atoms with Gasteiger partial charge in [-0.15, -0.1) is 0 Å². The van der Waals surface area contributed by atoms with Crippen molar-refractivity contribution < 1.29 is 17.9 Å². The summed E-state index contributed by atoms with van der Waals surface area (Å²) in [7, 11) is -2.16. The number of hydrogen-bond acceptors (Lipinski definition) is 5. The second kappa shape index (κ2) is 7.68. The number of allylic oxidation sites excluding steroid dienone is 4. The molecule has 0 saturated carbocycles. The number of nitrogens with one attached hydrogen (secondary N) is 1. The number of anilines is 1. The average molecular weight is 380 g/mol. The fourth-order valence-electron chi connectivity index (χ4n) is 2.78. The van der Waals surface area contributed by atoms with Gasteiger partial charge in [0.05, 0.1) is 5.69 Å². The number of fused-ring (bicyclic) bond motifs is 1. The standard InChI is InChI=1S/C18H21NO4S2/c1-13-5-3-8-18(24-11-13)25(20,21)19-16-9-14-6-4-7-15(14)10-17(16)23-12-22-2/h3,5,8-11,19H,4,6-7,12H2,1-2H3. The monoisotopic (exact) mass is 379 g/mol. The molecule has 0 bridgehead atoms. The van der Waals surface area contributed by atoms with Gasteiger partial charge < -0.3 is 9.47 Å². The molecule has 0 unspecified atom stereocenters. The normalized spacial score (nSPS) is 16.7. The van der Waals surface area contributed by atoms with Crippen LogP contribution in [0.2, 0.25) is 0 Å². The van der Waals surface area contributed by atoms with Crippen molar-refractivity contribution in [1.29, 1.82) is 0 Å². The van der Waals surface area contributed by atoms with Crippen LogP contribution in [0.5, 0.6) is 5.75 Å². The summed E-state index contributed by atoms with van der Waals surface area (Å²) in [6.07, 6.45) is 8.23. The van der Waals surface area contributed by atoms with Gasteiger partial charge in [-0.2, -0.15) is 0 Å². The van der Waals surface area contributed by atoms with Crippen LogP contribution in [0.4, 0.5) is 5.69 Å². The summed E-state index contributed by atoms with van der Waals surface area (Å²) in [4.78, 5) is 0. The van der Waals surface area contributed by atoms with E-state index in [0.29, 0.717) is 11.4 Å². The van der Waals surface area contributed by atoms with E-state index < -0.39 is 10.0 Å². The minimum Gasteiger partial charge on any atom is -0.465 e. The van der Waals surface area contributed by atoms with Crippen molar-refractivity contribution >= 4 is 27.5 Å². The molecule has 0 aromatic heterocycles. The Balaban J connectivity index is 1.91. The first kappa shape index (κ1) is 18.1. The minimum atomic E-state index is -3.69. The summed E-state index contributed by atoms with van der Waals surface area (Å²) in [5.41, 5.74) is 3.83. The highest BCUT2D eigenvalue weighted by atomic mass is 32.3. The van der Waals surface area contributed by atoms with Gasteiger partial charge in [0.2, 0.25) is 0 Å².